The van der Waals surface area contributed by atoms with E-state index in [1.165, 1.54) is 0 Å². The first-order chi connectivity index (χ1) is 7.27. The van der Waals surface area contributed by atoms with Gasteiger partial charge in [-0.15, -0.1) is 11.6 Å². The molecule has 1 nitrogen and oxygen atoms in total. The molecule has 0 bridgehead atoms. The van der Waals surface area contributed by atoms with Crippen molar-refractivity contribution in [3.63, 3.8) is 0 Å². The number of halogens is 7. The highest BCUT2D eigenvalue weighted by atomic mass is 35.5. The van der Waals surface area contributed by atoms with E-state index in [0.29, 0.717) is 6.07 Å². The zero-order valence-corrected chi connectivity index (χ0v) is 8.21. The maximum atomic E-state index is 13.0. The molecule has 0 amide bonds. The predicted molar refractivity (Wildman–Crippen MR) is 43.7 cm³/mol. The molecule has 1 aromatic rings. The van der Waals surface area contributed by atoms with E-state index in [1.54, 1.807) is 0 Å². The SMILES string of the molecule is Fc1c(C(F)F)cc(CCl)nc1C(F)(F)F. The molecule has 0 aliphatic carbocycles. The lowest BCUT2D eigenvalue weighted by molar-refractivity contribution is -0.144. The third-order valence-electron chi connectivity index (χ3n) is 1.68. The standard InChI is InChI=1S/C8H4ClF6N/c9-2-3-1-4(7(11)12)5(10)6(16-3)8(13,14)15/h1,7H,2H2. The average Bonchev–Trinajstić information content (AvgIpc) is 2.15. The molecule has 0 saturated carbocycles. The van der Waals surface area contributed by atoms with Crippen LogP contribution in [0.1, 0.15) is 23.4 Å². The molecule has 1 heterocycles. The molecule has 90 valence electrons. The van der Waals surface area contributed by atoms with Crippen molar-refractivity contribution in [2.75, 3.05) is 0 Å². The Kier molecular flexibility index (Phi) is 3.67. The topological polar surface area (TPSA) is 12.9 Å². The van der Waals surface area contributed by atoms with Gasteiger partial charge in [-0.2, -0.15) is 13.2 Å². The van der Waals surface area contributed by atoms with Crippen LogP contribution in [-0.2, 0) is 12.1 Å². The molecule has 0 aliphatic rings. The van der Waals surface area contributed by atoms with Gasteiger partial charge in [-0.25, -0.2) is 18.2 Å². The summed E-state index contributed by atoms with van der Waals surface area (Å²) in [6, 6.07) is 0.516. The summed E-state index contributed by atoms with van der Waals surface area (Å²) < 4.78 is 74.2. The van der Waals surface area contributed by atoms with Gasteiger partial charge in [0.1, 0.15) is 0 Å². The molecule has 0 atom stereocenters. The van der Waals surface area contributed by atoms with Crippen molar-refractivity contribution < 1.29 is 26.3 Å². The number of hydrogen-bond acceptors (Lipinski definition) is 1. The fourth-order valence-corrected chi connectivity index (χ4v) is 1.16. The van der Waals surface area contributed by atoms with Crippen LogP contribution in [0.3, 0.4) is 0 Å². The minimum atomic E-state index is -5.13. The summed E-state index contributed by atoms with van der Waals surface area (Å²) in [4.78, 5) is 2.84. The van der Waals surface area contributed by atoms with E-state index in [2.05, 4.69) is 4.98 Å². The van der Waals surface area contributed by atoms with Crippen LogP contribution in [-0.4, -0.2) is 4.98 Å². The van der Waals surface area contributed by atoms with Crippen LogP contribution < -0.4 is 0 Å². The molecule has 0 unspecified atom stereocenters. The van der Waals surface area contributed by atoms with Crippen LogP contribution in [0.2, 0.25) is 0 Å². The van der Waals surface area contributed by atoms with Crippen LogP contribution in [0.5, 0.6) is 0 Å². The van der Waals surface area contributed by atoms with Gasteiger partial charge in [-0.05, 0) is 6.07 Å². The average molecular weight is 264 g/mol. The van der Waals surface area contributed by atoms with Crippen molar-refractivity contribution in [2.24, 2.45) is 0 Å². The van der Waals surface area contributed by atoms with Crippen molar-refractivity contribution >= 4 is 11.6 Å². The zero-order chi connectivity index (χ0) is 12.5. The Morgan fingerprint density at radius 3 is 2.25 bits per heavy atom. The first-order valence-electron chi connectivity index (χ1n) is 3.88. The van der Waals surface area contributed by atoms with E-state index in [4.69, 9.17) is 11.6 Å². The van der Waals surface area contributed by atoms with E-state index >= 15 is 0 Å². The molecule has 0 aromatic carbocycles. The molecule has 16 heavy (non-hydrogen) atoms. The molecular formula is C8H4ClF6N. The summed E-state index contributed by atoms with van der Waals surface area (Å²) in [5.74, 6) is -2.57. The first kappa shape index (κ1) is 13.1. The van der Waals surface area contributed by atoms with Gasteiger partial charge in [-0.3, -0.25) is 0 Å². The molecule has 1 aromatic heterocycles. The number of aromatic nitrogens is 1. The maximum Gasteiger partial charge on any atom is 0.436 e. The quantitative estimate of drug-likeness (QED) is 0.582. The number of hydrogen-bond donors (Lipinski definition) is 0. The van der Waals surface area contributed by atoms with Gasteiger partial charge in [0.15, 0.2) is 11.5 Å². The highest BCUT2D eigenvalue weighted by molar-refractivity contribution is 6.16. The van der Waals surface area contributed by atoms with Gasteiger partial charge in [0.05, 0.1) is 17.1 Å². The highest BCUT2D eigenvalue weighted by Crippen LogP contribution is 2.34. The third-order valence-corrected chi connectivity index (χ3v) is 1.95. The molecule has 8 heteroatoms. The number of alkyl halides is 6. The highest BCUT2D eigenvalue weighted by Gasteiger charge is 2.38. The van der Waals surface area contributed by atoms with Gasteiger partial charge in [0.25, 0.3) is 6.43 Å². The maximum absolute atomic E-state index is 13.0. The largest absolute Gasteiger partial charge is 0.436 e. The zero-order valence-electron chi connectivity index (χ0n) is 7.45. The van der Waals surface area contributed by atoms with Crippen molar-refractivity contribution in [1.29, 1.82) is 0 Å². The van der Waals surface area contributed by atoms with Crippen molar-refractivity contribution in [3.8, 4) is 0 Å². The van der Waals surface area contributed by atoms with Gasteiger partial charge in [0, 0.05) is 0 Å². The summed E-state index contributed by atoms with van der Waals surface area (Å²) in [5, 5.41) is 0. The van der Waals surface area contributed by atoms with Crippen LogP contribution in [0.15, 0.2) is 6.07 Å². The van der Waals surface area contributed by atoms with Crippen molar-refractivity contribution in [2.45, 2.75) is 18.5 Å². The van der Waals surface area contributed by atoms with E-state index in [-0.39, 0.29) is 0 Å². The summed E-state index contributed by atoms with van der Waals surface area (Å²) in [6.45, 7) is 0. The Bertz CT molecular complexity index is 389. The second kappa shape index (κ2) is 4.48. The Hall–Kier alpha value is -0.980. The molecule has 1 rings (SSSR count). The van der Waals surface area contributed by atoms with Crippen LogP contribution in [0.25, 0.3) is 0 Å². The van der Waals surface area contributed by atoms with Gasteiger partial charge >= 0.3 is 6.18 Å². The molecule has 0 aliphatic heterocycles. The molecule has 0 spiro atoms. The molecule has 0 saturated heterocycles. The van der Waals surface area contributed by atoms with Gasteiger partial charge < -0.3 is 0 Å². The summed E-state index contributed by atoms with van der Waals surface area (Å²) in [7, 11) is 0. The third kappa shape index (κ3) is 2.58. The van der Waals surface area contributed by atoms with E-state index in [9.17, 15) is 26.3 Å². The lowest BCUT2D eigenvalue weighted by Crippen LogP contribution is -2.14. The second-order valence-corrected chi connectivity index (χ2v) is 3.06. The Morgan fingerprint density at radius 2 is 1.88 bits per heavy atom. The van der Waals surface area contributed by atoms with Crippen molar-refractivity contribution in [3.05, 3.63) is 28.8 Å². The molecule has 0 N–H and O–H groups in total. The Balaban J connectivity index is 3.44. The van der Waals surface area contributed by atoms with E-state index in [0.717, 1.165) is 0 Å². The number of nitrogens with zero attached hydrogens (tertiary/aromatic N) is 1. The Morgan fingerprint density at radius 1 is 1.31 bits per heavy atom. The van der Waals surface area contributed by atoms with Crippen molar-refractivity contribution in [1.82, 2.24) is 4.98 Å². The fraction of sp³-hybridized carbons (Fsp3) is 0.375. The lowest BCUT2D eigenvalue weighted by atomic mass is 10.2. The Labute approximate surface area is 91.0 Å². The summed E-state index contributed by atoms with van der Waals surface area (Å²) in [5.41, 5.74) is -3.77. The molecule has 0 radical (unpaired) electrons. The smallest absolute Gasteiger partial charge is 0.244 e. The normalized spacial score (nSPS) is 12.2. The van der Waals surface area contributed by atoms with Crippen LogP contribution in [0.4, 0.5) is 26.3 Å². The van der Waals surface area contributed by atoms with E-state index in [1.807, 2.05) is 0 Å². The van der Waals surface area contributed by atoms with Crippen LogP contribution in [0, 0.1) is 5.82 Å². The minimum absolute atomic E-state index is 0.453. The fourth-order valence-electron chi connectivity index (χ4n) is 1.02. The second-order valence-electron chi connectivity index (χ2n) is 2.80. The lowest BCUT2D eigenvalue weighted by Gasteiger charge is -2.11. The number of rotatable bonds is 2. The predicted octanol–water partition coefficient (Wildman–Crippen LogP) is 3.92. The van der Waals surface area contributed by atoms with Gasteiger partial charge in [-0.1, -0.05) is 0 Å². The monoisotopic (exact) mass is 263 g/mol. The first-order valence-corrected chi connectivity index (χ1v) is 4.41. The molecule has 0 fully saturated rings. The molecular weight excluding hydrogens is 260 g/mol. The van der Waals surface area contributed by atoms with Crippen LogP contribution >= 0.6 is 11.6 Å². The number of pyridine rings is 1. The minimum Gasteiger partial charge on any atom is -0.244 e. The van der Waals surface area contributed by atoms with Gasteiger partial charge in [0.2, 0.25) is 0 Å². The summed E-state index contributed by atoms with van der Waals surface area (Å²) in [6.07, 6.45) is -8.48. The summed E-state index contributed by atoms with van der Waals surface area (Å²) >= 11 is 5.18. The van der Waals surface area contributed by atoms with E-state index < -0.39 is 41.3 Å².